The van der Waals surface area contributed by atoms with Crippen molar-refractivity contribution >= 4 is 11.7 Å². The van der Waals surface area contributed by atoms with Gasteiger partial charge in [0.25, 0.3) is 0 Å². The number of benzene rings is 2. The summed E-state index contributed by atoms with van der Waals surface area (Å²) >= 11 is 0. The van der Waals surface area contributed by atoms with Crippen LogP contribution in [-0.2, 0) is 6.54 Å². The lowest BCUT2D eigenvalue weighted by atomic mass is 9.81. The lowest BCUT2D eigenvalue weighted by molar-refractivity contribution is 0.0200. The molecule has 2 fully saturated rings. The summed E-state index contributed by atoms with van der Waals surface area (Å²) in [4.78, 5) is 15.1. The molecule has 0 aromatic heterocycles. The number of anilines is 1. The number of urea groups is 1. The van der Waals surface area contributed by atoms with E-state index >= 15 is 0 Å². The molecule has 0 saturated carbocycles. The Morgan fingerprint density at radius 1 is 1.07 bits per heavy atom. The van der Waals surface area contributed by atoms with Gasteiger partial charge < -0.3 is 10.6 Å². The minimum absolute atomic E-state index is 0.162. The Bertz CT molecular complexity index is 871. The number of rotatable bonds is 4. The number of nitrogens with zero attached hydrogens (tertiary/aromatic N) is 2. The van der Waals surface area contributed by atoms with Gasteiger partial charge in [-0.05, 0) is 62.4 Å². The monoisotopic (exact) mass is 388 g/mol. The number of carbonyl (C=O) groups excluding carboxylic acids is 1. The van der Waals surface area contributed by atoms with Gasteiger partial charge in [0, 0.05) is 30.4 Å². The molecule has 4 rings (SSSR count). The van der Waals surface area contributed by atoms with Crippen LogP contribution in [0.1, 0.15) is 48.8 Å². The van der Waals surface area contributed by atoms with Gasteiger partial charge in [0.2, 0.25) is 0 Å². The summed E-state index contributed by atoms with van der Waals surface area (Å²) in [7, 11) is 0. The molecule has 2 aliphatic heterocycles. The fraction of sp³-hybridized carbons (Fsp3) is 0.417. The summed E-state index contributed by atoms with van der Waals surface area (Å²) in [5.41, 5.74) is 3.96. The first-order valence-corrected chi connectivity index (χ1v) is 10.5. The van der Waals surface area contributed by atoms with Crippen LogP contribution in [0.3, 0.4) is 0 Å². The highest BCUT2D eigenvalue weighted by Gasteiger charge is 2.38. The predicted octanol–water partition coefficient (Wildman–Crippen LogP) is 4.57. The van der Waals surface area contributed by atoms with E-state index in [0.29, 0.717) is 23.3 Å². The fourth-order valence-electron chi connectivity index (χ4n) is 4.74. The molecule has 2 saturated heterocycles. The molecule has 1 unspecified atom stereocenters. The molecule has 2 aliphatic rings. The van der Waals surface area contributed by atoms with Crippen molar-refractivity contribution in [2.75, 3.05) is 5.32 Å². The maximum atomic E-state index is 12.5. The van der Waals surface area contributed by atoms with Crippen molar-refractivity contribution in [1.82, 2.24) is 10.2 Å². The Hall–Kier alpha value is -2.84. The Kier molecular flexibility index (Phi) is 5.82. The number of amides is 2. The molecular weight excluding hydrogens is 360 g/mol. The highest BCUT2D eigenvalue weighted by Crippen LogP contribution is 2.35. The van der Waals surface area contributed by atoms with Gasteiger partial charge in [0.1, 0.15) is 0 Å². The highest BCUT2D eigenvalue weighted by atomic mass is 16.2. The summed E-state index contributed by atoms with van der Waals surface area (Å²) in [6.07, 6.45) is 5.70. The van der Waals surface area contributed by atoms with Crippen molar-refractivity contribution in [2.45, 2.75) is 63.7 Å². The van der Waals surface area contributed by atoms with E-state index in [4.69, 9.17) is 5.26 Å². The summed E-state index contributed by atoms with van der Waals surface area (Å²) in [6, 6.07) is 19.0. The van der Waals surface area contributed by atoms with Crippen LogP contribution < -0.4 is 10.6 Å². The van der Waals surface area contributed by atoms with Gasteiger partial charge in [-0.3, -0.25) is 4.90 Å². The van der Waals surface area contributed by atoms with E-state index in [1.807, 2.05) is 0 Å². The molecule has 0 aliphatic carbocycles. The molecule has 5 heteroatoms. The van der Waals surface area contributed by atoms with Gasteiger partial charge in [0.05, 0.1) is 11.6 Å². The average molecular weight is 389 g/mol. The van der Waals surface area contributed by atoms with E-state index in [-0.39, 0.29) is 12.1 Å². The largest absolute Gasteiger partial charge is 0.335 e. The maximum Gasteiger partial charge on any atom is 0.319 e. The predicted molar refractivity (Wildman–Crippen MR) is 114 cm³/mol. The number of hydrogen-bond acceptors (Lipinski definition) is 3. The second-order valence-electron chi connectivity index (χ2n) is 8.35. The summed E-state index contributed by atoms with van der Waals surface area (Å²) in [6.45, 7) is 3.12. The molecule has 150 valence electrons. The number of aryl methyl sites for hydroxylation is 1. The van der Waals surface area contributed by atoms with Crippen molar-refractivity contribution in [3.8, 4) is 6.07 Å². The topological polar surface area (TPSA) is 68.2 Å². The highest BCUT2D eigenvalue weighted by molar-refractivity contribution is 5.89. The van der Waals surface area contributed by atoms with Crippen molar-refractivity contribution in [2.24, 2.45) is 0 Å². The fourth-order valence-corrected chi connectivity index (χ4v) is 4.74. The zero-order valence-electron chi connectivity index (χ0n) is 16.9. The van der Waals surface area contributed by atoms with E-state index in [0.717, 1.165) is 19.4 Å². The van der Waals surface area contributed by atoms with Gasteiger partial charge in [-0.2, -0.15) is 5.26 Å². The zero-order valence-corrected chi connectivity index (χ0v) is 16.9. The van der Waals surface area contributed by atoms with Gasteiger partial charge >= 0.3 is 6.03 Å². The van der Waals surface area contributed by atoms with Gasteiger partial charge in [-0.25, -0.2) is 4.79 Å². The smallest absolute Gasteiger partial charge is 0.319 e. The third-order valence-corrected chi connectivity index (χ3v) is 6.22. The van der Waals surface area contributed by atoms with Crippen LogP contribution in [0.2, 0.25) is 0 Å². The lowest BCUT2D eigenvalue weighted by Crippen LogP contribution is -2.56. The first-order valence-electron chi connectivity index (χ1n) is 10.5. The summed E-state index contributed by atoms with van der Waals surface area (Å²) in [5, 5.41) is 14.9. The summed E-state index contributed by atoms with van der Waals surface area (Å²) < 4.78 is 0. The van der Waals surface area contributed by atoms with E-state index < -0.39 is 0 Å². The Morgan fingerprint density at radius 3 is 2.34 bits per heavy atom. The van der Waals surface area contributed by atoms with Crippen LogP contribution in [0, 0.1) is 18.3 Å². The third-order valence-electron chi connectivity index (χ3n) is 6.22. The average Bonchev–Trinajstić information content (AvgIpc) is 2.71. The molecule has 3 atom stereocenters. The standard InChI is InChI=1S/C24H28N4O/c1-17-5-7-19(8-6-17)16-28-22-3-2-4-23(28)14-21(13-22)27-24(29)26-20-11-9-18(15-25)10-12-20/h5-12,21-23H,2-4,13-14,16H2,1H3,(H2,26,27,29)/t21?,22-,23+. The van der Waals surface area contributed by atoms with Crippen LogP contribution in [0.5, 0.6) is 0 Å². The molecule has 5 nitrogen and oxygen atoms in total. The summed E-state index contributed by atoms with van der Waals surface area (Å²) in [5.74, 6) is 0. The van der Waals surface area contributed by atoms with Crippen LogP contribution >= 0.6 is 0 Å². The second-order valence-corrected chi connectivity index (χ2v) is 8.35. The van der Waals surface area contributed by atoms with Crippen molar-refractivity contribution in [1.29, 1.82) is 5.26 Å². The minimum Gasteiger partial charge on any atom is -0.335 e. The second kappa shape index (κ2) is 8.67. The Labute approximate surface area is 172 Å². The molecule has 29 heavy (non-hydrogen) atoms. The van der Waals surface area contributed by atoms with E-state index in [1.54, 1.807) is 24.3 Å². The first kappa shape index (κ1) is 19.5. The van der Waals surface area contributed by atoms with Crippen molar-refractivity contribution < 1.29 is 4.79 Å². The molecule has 0 radical (unpaired) electrons. The third kappa shape index (κ3) is 4.78. The molecule has 2 heterocycles. The number of nitrogens with one attached hydrogen (secondary N) is 2. The molecule has 2 N–H and O–H groups in total. The lowest BCUT2D eigenvalue weighted by Gasteiger charge is -2.49. The van der Waals surface area contributed by atoms with Crippen molar-refractivity contribution in [3.63, 3.8) is 0 Å². The molecule has 2 amide bonds. The van der Waals surface area contributed by atoms with E-state index in [1.165, 1.54) is 30.4 Å². The van der Waals surface area contributed by atoms with Crippen LogP contribution in [0.4, 0.5) is 10.5 Å². The molecule has 2 bridgehead atoms. The van der Waals surface area contributed by atoms with Crippen LogP contribution in [0.15, 0.2) is 48.5 Å². The number of piperidine rings is 2. The number of hydrogen-bond donors (Lipinski definition) is 2. The molecule has 2 aromatic carbocycles. The number of fused-ring (bicyclic) bond motifs is 2. The van der Waals surface area contributed by atoms with Crippen LogP contribution in [-0.4, -0.2) is 29.1 Å². The van der Waals surface area contributed by atoms with Gasteiger partial charge in [0.15, 0.2) is 0 Å². The molecular formula is C24H28N4O. The van der Waals surface area contributed by atoms with Crippen LogP contribution in [0.25, 0.3) is 0 Å². The SMILES string of the molecule is Cc1ccc(CN2[C@@H]3CCC[C@H]2CC(NC(=O)Nc2ccc(C#N)cc2)C3)cc1. The first-order chi connectivity index (χ1) is 14.1. The Balaban J connectivity index is 1.34. The number of nitriles is 1. The van der Waals surface area contributed by atoms with E-state index in [9.17, 15) is 4.79 Å². The minimum atomic E-state index is -0.162. The maximum absolute atomic E-state index is 12.5. The van der Waals surface area contributed by atoms with Gasteiger partial charge in [-0.1, -0.05) is 36.2 Å². The normalized spacial score (nSPS) is 23.8. The Morgan fingerprint density at radius 2 is 1.72 bits per heavy atom. The van der Waals surface area contributed by atoms with Gasteiger partial charge in [-0.15, -0.1) is 0 Å². The van der Waals surface area contributed by atoms with E-state index in [2.05, 4.69) is 52.8 Å². The van der Waals surface area contributed by atoms with Crippen molar-refractivity contribution in [3.05, 3.63) is 65.2 Å². The molecule has 0 spiro atoms. The quantitative estimate of drug-likeness (QED) is 0.806. The molecule has 2 aromatic rings. The number of carbonyl (C=O) groups is 1. The zero-order chi connectivity index (χ0) is 20.2.